The summed E-state index contributed by atoms with van der Waals surface area (Å²) in [6, 6.07) is 0. The average Bonchev–Trinajstić information content (AvgIpc) is 2.13. The number of nitrogens with two attached hydrogens (primary N) is 2. The van der Waals surface area contributed by atoms with Gasteiger partial charge in [-0.2, -0.15) is 0 Å². The molecule has 0 saturated heterocycles. The molecule has 10 heavy (non-hydrogen) atoms. The van der Waals surface area contributed by atoms with Crippen LogP contribution in [0.2, 0.25) is 0 Å². The number of aromatic nitrogens is 1. The summed E-state index contributed by atoms with van der Waals surface area (Å²) in [6.45, 7) is 0. The van der Waals surface area contributed by atoms with Gasteiger partial charge in [0.15, 0.2) is 5.13 Å². The lowest BCUT2D eigenvalue weighted by Gasteiger charge is -1.86. The van der Waals surface area contributed by atoms with Gasteiger partial charge < -0.3 is 11.5 Å². The maximum atomic E-state index is 10.3. The fourth-order valence-electron chi connectivity index (χ4n) is 0.582. The second kappa shape index (κ2) is 2.66. The molecule has 0 bridgehead atoms. The zero-order chi connectivity index (χ0) is 7.56. The van der Waals surface area contributed by atoms with Crippen molar-refractivity contribution in [3.05, 3.63) is 11.1 Å². The van der Waals surface area contributed by atoms with Gasteiger partial charge in [0.2, 0.25) is 5.91 Å². The fraction of sp³-hybridized carbons (Fsp3) is 0.200. The van der Waals surface area contributed by atoms with Gasteiger partial charge >= 0.3 is 0 Å². The number of primary amides is 1. The van der Waals surface area contributed by atoms with Gasteiger partial charge in [-0.05, 0) is 0 Å². The van der Waals surface area contributed by atoms with Crippen LogP contribution >= 0.6 is 11.3 Å². The van der Waals surface area contributed by atoms with Crippen LogP contribution in [0.4, 0.5) is 5.13 Å². The van der Waals surface area contributed by atoms with E-state index in [1.165, 1.54) is 11.3 Å². The van der Waals surface area contributed by atoms with Gasteiger partial charge in [0.1, 0.15) is 0 Å². The first-order valence-corrected chi connectivity index (χ1v) is 3.54. The summed E-state index contributed by atoms with van der Waals surface area (Å²) in [5.74, 6) is -0.384. The predicted molar refractivity (Wildman–Crippen MR) is 39.4 cm³/mol. The van der Waals surface area contributed by atoms with Gasteiger partial charge in [-0.1, -0.05) is 0 Å². The Labute approximate surface area is 61.9 Å². The van der Waals surface area contributed by atoms with E-state index < -0.39 is 0 Å². The van der Waals surface area contributed by atoms with Crippen molar-refractivity contribution in [3.63, 3.8) is 0 Å². The van der Waals surface area contributed by atoms with E-state index >= 15 is 0 Å². The summed E-state index contributed by atoms with van der Waals surface area (Å²) in [6.07, 6.45) is 0.174. The smallest absolute Gasteiger partial charge is 0.223 e. The van der Waals surface area contributed by atoms with Crippen molar-refractivity contribution in [2.75, 3.05) is 5.73 Å². The first kappa shape index (κ1) is 7.01. The number of nitrogen functional groups attached to an aromatic ring is 1. The maximum Gasteiger partial charge on any atom is 0.223 e. The number of nitrogens with zero attached hydrogens (tertiary/aromatic N) is 1. The first-order valence-electron chi connectivity index (χ1n) is 2.66. The van der Waals surface area contributed by atoms with E-state index in [2.05, 4.69) is 4.98 Å². The number of carbonyl (C=O) groups excluding carboxylic acids is 1. The van der Waals surface area contributed by atoms with Gasteiger partial charge in [-0.15, -0.1) is 11.3 Å². The van der Waals surface area contributed by atoms with Crippen molar-refractivity contribution in [2.24, 2.45) is 5.73 Å². The molecule has 1 rings (SSSR count). The average molecular weight is 157 g/mol. The highest BCUT2D eigenvalue weighted by atomic mass is 32.1. The van der Waals surface area contributed by atoms with Crippen LogP contribution in [-0.2, 0) is 11.2 Å². The number of rotatable bonds is 2. The Morgan fingerprint density at radius 1 is 1.80 bits per heavy atom. The number of thiazole rings is 1. The van der Waals surface area contributed by atoms with Gasteiger partial charge in [-0.25, -0.2) is 4.98 Å². The minimum Gasteiger partial charge on any atom is -0.375 e. The third-order valence-corrected chi connectivity index (χ3v) is 1.65. The number of hydrogen-bond acceptors (Lipinski definition) is 4. The highest BCUT2D eigenvalue weighted by Gasteiger charge is 2.01. The molecule has 0 unspecified atom stereocenters. The number of amides is 1. The monoisotopic (exact) mass is 157 g/mol. The zero-order valence-corrected chi connectivity index (χ0v) is 6.02. The lowest BCUT2D eigenvalue weighted by atomic mass is 10.3. The molecule has 1 heterocycles. The van der Waals surface area contributed by atoms with Crippen molar-refractivity contribution >= 4 is 22.4 Å². The number of anilines is 1. The van der Waals surface area contributed by atoms with Crippen molar-refractivity contribution in [3.8, 4) is 0 Å². The molecular formula is C5H7N3OS. The van der Waals surface area contributed by atoms with E-state index in [9.17, 15) is 4.79 Å². The summed E-state index contributed by atoms with van der Waals surface area (Å²) >= 11 is 1.31. The lowest BCUT2D eigenvalue weighted by molar-refractivity contribution is -0.117. The third kappa shape index (κ3) is 1.70. The van der Waals surface area contributed by atoms with Gasteiger partial charge in [0.05, 0.1) is 12.1 Å². The molecule has 0 aliphatic rings. The van der Waals surface area contributed by atoms with E-state index in [1.807, 2.05) is 0 Å². The van der Waals surface area contributed by atoms with Gasteiger partial charge in [0, 0.05) is 5.38 Å². The van der Waals surface area contributed by atoms with Gasteiger partial charge in [-0.3, -0.25) is 4.79 Å². The van der Waals surface area contributed by atoms with Crippen LogP contribution in [0.3, 0.4) is 0 Å². The van der Waals surface area contributed by atoms with E-state index in [4.69, 9.17) is 11.5 Å². The van der Waals surface area contributed by atoms with Crippen molar-refractivity contribution in [1.29, 1.82) is 0 Å². The van der Waals surface area contributed by atoms with Gasteiger partial charge in [0.25, 0.3) is 0 Å². The fourth-order valence-corrected chi connectivity index (χ4v) is 1.15. The molecule has 1 amide bonds. The van der Waals surface area contributed by atoms with E-state index in [1.54, 1.807) is 5.38 Å². The quantitative estimate of drug-likeness (QED) is 0.621. The molecule has 0 saturated carbocycles. The molecule has 1 aromatic rings. The third-order valence-electron chi connectivity index (χ3n) is 0.925. The Morgan fingerprint density at radius 3 is 2.90 bits per heavy atom. The zero-order valence-electron chi connectivity index (χ0n) is 5.20. The molecule has 54 valence electrons. The number of hydrogen-bond donors (Lipinski definition) is 2. The molecule has 1 aromatic heterocycles. The molecule has 0 fully saturated rings. The summed E-state index contributed by atoms with van der Waals surface area (Å²) in [5.41, 5.74) is 10.9. The highest BCUT2D eigenvalue weighted by molar-refractivity contribution is 7.13. The molecule has 0 spiro atoms. The molecule has 4 nitrogen and oxygen atoms in total. The summed E-state index contributed by atoms with van der Waals surface area (Å²) in [4.78, 5) is 14.2. The largest absolute Gasteiger partial charge is 0.375 e. The highest BCUT2D eigenvalue weighted by Crippen LogP contribution is 2.10. The Morgan fingerprint density at radius 2 is 2.50 bits per heavy atom. The normalized spacial score (nSPS) is 9.60. The minimum atomic E-state index is -0.384. The molecule has 0 aromatic carbocycles. The standard InChI is InChI=1S/C5H7N3OS/c6-4(9)1-3-2-10-5(7)8-3/h2H,1H2,(H2,6,9)(H2,7,8). The van der Waals surface area contributed by atoms with Crippen LogP contribution in [0.25, 0.3) is 0 Å². The van der Waals surface area contributed by atoms with E-state index in [0.29, 0.717) is 10.8 Å². The Kier molecular flexibility index (Phi) is 1.86. The SMILES string of the molecule is NC(=O)Cc1csc(N)n1. The van der Waals surface area contributed by atoms with E-state index in [-0.39, 0.29) is 12.3 Å². The van der Waals surface area contributed by atoms with Crippen LogP contribution in [0.5, 0.6) is 0 Å². The number of carbonyl (C=O) groups is 1. The first-order chi connectivity index (χ1) is 4.68. The van der Waals surface area contributed by atoms with Crippen molar-refractivity contribution in [1.82, 2.24) is 4.98 Å². The molecule has 0 radical (unpaired) electrons. The van der Waals surface area contributed by atoms with Crippen LogP contribution < -0.4 is 11.5 Å². The summed E-state index contributed by atoms with van der Waals surface area (Å²) in [5, 5.41) is 2.19. The predicted octanol–water partition coefficient (Wildman–Crippen LogP) is -0.247. The van der Waals surface area contributed by atoms with Crippen molar-refractivity contribution < 1.29 is 4.79 Å². The lowest BCUT2D eigenvalue weighted by Crippen LogP contribution is -2.13. The Balaban J connectivity index is 2.67. The minimum absolute atomic E-state index is 0.174. The summed E-state index contributed by atoms with van der Waals surface area (Å²) in [7, 11) is 0. The summed E-state index contributed by atoms with van der Waals surface area (Å²) < 4.78 is 0. The second-order valence-corrected chi connectivity index (χ2v) is 2.71. The Bertz CT molecular complexity index is 245. The molecule has 0 aliphatic heterocycles. The molecule has 0 atom stereocenters. The second-order valence-electron chi connectivity index (χ2n) is 1.82. The molecule has 5 heteroatoms. The van der Waals surface area contributed by atoms with Crippen LogP contribution in [0, 0.1) is 0 Å². The topological polar surface area (TPSA) is 82.0 Å². The Hall–Kier alpha value is -1.10. The maximum absolute atomic E-state index is 10.3. The molecule has 4 N–H and O–H groups in total. The van der Waals surface area contributed by atoms with Crippen LogP contribution in [0.15, 0.2) is 5.38 Å². The van der Waals surface area contributed by atoms with Crippen molar-refractivity contribution in [2.45, 2.75) is 6.42 Å². The van der Waals surface area contributed by atoms with E-state index in [0.717, 1.165) is 0 Å². The molecule has 0 aliphatic carbocycles. The van der Waals surface area contributed by atoms with Crippen LogP contribution in [0.1, 0.15) is 5.69 Å². The van der Waals surface area contributed by atoms with Crippen LogP contribution in [-0.4, -0.2) is 10.9 Å². The molecular weight excluding hydrogens is 150 g/mol.